The van der Waals surface area contributed by atoms with Crippen LogP contribution in [0.1, 0.15) is 36.6 Å². The maximum atomic E-state index is 12.7. The van der Waals surface area contributed by atoms with Crippen molar-refractivity contribution in [3.63, 3.8) is 0 Å². The number of methoxy groups -OCH3 is 1. The quantitative estimate of drug-likeness (QED) is 0.654. The van der Waals surface area contributed by atoms with Crippen LogP contribution < -0.4 is 20.5 Å². The van der Waals surface area contributed by atoms with Crippen molar-refractivity contribution in [2.45, 2.75) is 25.3 Å². The number of rotatable bonds is 6. The Morgan fingerprint density at radius 2 is 2.07 bits per heavy atom. The van der Waals surface area contributed by atoms with Gasteiger partial charge in [0.2, 0.25) is 11.9 Å². The minimum atomic E-state index is -0.260. The summed E-state index contributed by atoms with van der Waals surface area (Å²) in [6.45, 7) is 2.40. The zero-order chi connectivity index (χ0) is 21.1. The third kappa shape index (κ3) is 4.03. The van der Waals surface area contributed by atoms with Crippen molar-refractivity contribution in [2.75, 3.05) is 23.9 Å². The summed E-state index contributed by atoms with van der Waals surface area (Å²) in [5, 5.41) is 3.21. The van der Waals surface area contributed by atoms with Crippen LogP contribution >= 0.6 is 0 Å². The minimum Gasteiger partial charge on any atom is -0.495 e. The summed E-state index contributed by atoms with van der Waals surface area (Å²) < 4.78 is 5.39. The van der Waals surface area contributed by atoms with E-state index in [1.165, 1.54) is 6.07 Å². The van der Waals surface area contributed by atoms with Gasteiger partial charge in [0.15, 0.2) is 0 Å². The van der Waals surface area contributed by atoms with Crippen LogP contribution in [0.4, 0.5) is 11.6 Å². The standard InChI is InChI=1S/C22H23N5O3/c1-14(15-6-5-9-23-12-15)24-22-25-17(11-20(28)26-22)16-10-21(29)27(13-16)18-7-3-4-8-19(18)30-2/h3-9,11-12,14,16H,10,13H2,1-2H3,(H2,24,25,26,28)/t14-,16+/m0/s1. The second-order valence-corrected chi connectivity index (χ2v) is 7.25. The predicted molar refractivity (Wildman–Crippen MR) is 114 cm³/mol. The van der Waals surface area contributed by atoms with Crippen LogP contribution in [0.5, 0.6) is 5.75 Å². The van der Waals surface area contributed by atoms with E-state index in [9.17, 15) is 9.59 Å². The van der Waals surface area contributed by atoms with Crippen molar-refractivity contribution in [3.8, 4) is 5.75 Å². The normalized spacial score (nSPS) is 17.1. The van der Waals surface area contributed by atoms with Crippen molar-refractivity contribution in [1.82, 2.24) is 15.0 Å². The van der Waals surface area contributed by atoms with Crippen molar-refractivity contribution < 1.29 is 9.53 Å². The van der Waals surface area contributed by atoms with Crippen LogP contribution in [-0.2, 0) is 4.79 Å². The highest BCUT2D eigenvalue weighted by Gasteiger charge is 2.34. The Bertz CT molecular complexity index is 1100. The van der Waals surface area contributed by atoms with E-state index in [2.05, 4.69) is 20.3 Å². The maximum Gasteiger partial charge on any atom is 0.252 e. The molecule has 3 aromatic rings. The number of pyridine rings is 1. The molecule has 0 saturated carbocycles. The largest absolute Gasteiger partial charge is 0.495 e. The average molecular weight is 405 g/mol. The molecule has 8 heteroatoms. The summed E-state index contributed by atoms with van der Waals surface area (Å²) in [6.07, 6.45) is 3.76. The first kappa shape index (κ1) is 19.6. The van der Waals surface area contributed by atoms with Crippen LogP contribution in [0.15, 0.2) is 59.7 Å². The summed E-state index contributed by atoms with van der Waals surface area (Å²) in [6, 6.07) is 12.6. The molecule has 2 aromatic heterocycles. The molecule has 2 N–H and O–H groups in total. The zero-order valence-electron chi connectivity index (χ0n) is 16.8. The summed E-state index contributed by atoms with van der Waals surface area (Å²) in [5.41, 5.74) is 2.03. The topological polar surface area (TPSA) is 100 Å². The predicted octanol–water partition coefficient (Wildman–Crippen LogP) is 2.87. The van der Waals surface area contributed by atoms with Gasteiger partial charge in [0.25, 0.3) is 5.56 Å². The fourth-order valence-corrected chi connectivity index (χ4v) is 3.67. The fraction of sp³-hybridized carbons (Fsp3) is 0.273. The number of nitrogens with zero attached hydrogens (tertiary/aromatic N) is 3. The molecule has 2 atom stereocenters. The number of amides is 1. The molecule has 3 heterocycles. The molecule has 0 radical (unpaired) electrons. The number of ether oxygens (including phenoxy) is 1. The molecule has 154 valence electrons. The Morgan fingerprint density at radius 1 is 1.23 bits per heavy atom. The Kier molecular flexibility index (Phi) is 5.47. The number of benzene rings is 1. The molecule has 30 heavy (non-hydrogen) atoms. The van der Waals surface area contributed by atoms with Gasteiger partial charge in [-0.05, 0) is 30.7 Å². The van der Waals surface area contributed by atoms with Gasteiger partial charge in [0.05, 0.1) is 24.5 Å². The third-order valence-corrected chi connectivity index (χ3v) is 5.22. The van der Waals surface area contributed by atoms with Crippen molar-refractivity contribution in [1.29, 1.82) is 0 Å². The maximum absolute atomic E-state index is 12.7. The second kappa shape index (κ2) is 8.36. The van der Waals surface area contributed by atoms with Gasteiger partial charge < -0.3 is 15.0 Å². The number of hydrogen-bond acceptors (Lipinski definition) is 6. The van der Waals surface area contributed by atoms with Gasteiger partial charge in [-0.1, -0.05) is 18.2 Å². The van der Waals surface area contributed by atoms with Crippen molar-refractivity contribution >= 4 is 17.5 Å². The number of aromatic nitrogens is 3. The minimum absolute atomic E-state index is 0.0233. The Labute approximate surface area is 173 Å². The molecule has 1 aromatic carbocycles. The fourth-order valence-electron chi connectivity index (χ4n) is 3.67. The lowest BCUT2D eigenvalue weighted by atomic mass is 10.0. The highest BCUT2D eigenvalue weighted by atomic mass is 16.5. The summed E-state index contributed by atoms with van der Waals surface area (Å²) in [5.74, 6) is 0.804. The number of carbonyl (C=O) groups is 1. The molecule has 0 unspecified atom stereocenters. The Balaban J connectivity index is 1.56. The molecule has 1 amide bonds. The average Bonchev–Trinajstić information content (AvgIpc) is 3.15. The number of nitrogens with one attached hydrogen (secondary N) is 2. The van der Waals surface area contributed by atoms with Gasteiger partial charge in [-0.2, -0.15) is 0 Å². The van der Waals surface area contributed by atoms with Crippen LogP contribution in [-0.4, -0.2) is 34.5 Å². The Hall–Kier alpha value is -3.68. The molecule has 0 bridgehead atoms. The number of aromatic amines is 1. The van der Waals surface area contributed by atoms with Crippen LogP contribution in [0, 0.1) is 0 Å². The highest BCUT2D eigenvalue weighted by molar-refractivity contribution is 5.97. The summed E-state index contributed by atoms with van der Waals surface area (Å²) in [4.78, 5) is 38.1. The van der Waals surface area contributed by atoms with E-state index in [0.717, 1.165) is 11.3 Å². The van der Waals surface area contributed by atoms with Gasteiger partial charge >= 0.3 is 0 Å². The molecule has 8 nitrogen and oxygen atoms in total. The number of carbonyl (C=O) groups excluding carboxylic acids is 1. The molecule has 1 aliphatic heterocycles. The molecule has 0 spiro atoms. The SMILES string of the molecule is COc1ccccc1N1C[C@H](c2cc(=O)[nH]c(N[C@@H](C)c3cccnc3)n2)CC1=O. The molecular formula is C22H23N5O3. The highest BCUT2D eigenvalue weighted by Crippen LogP contribution is 2.35. The summed E-state index contributed by atoms with van der Waals surface area (Å²) in [7, 11) is 1.58. The van der Waals surface area contributed by atoms with Gasteiger partial charge in [-0.3, -0.25) is 19.6 Å². The molecule has 1 fully saturated rings. The van der Waals surface area contributed by atoms with E-state index in [1.807, 2.05) is 43.3 Å². The number of H-pyrrole nitrogens is 1. The first-order chi connectivity index (χ1) is 14.5. The monoisotopic (exact) mass is 405 g/mol. The molecular weight excluding hydrogens is 382 g/mol. The first-order valence-corrected chi connectivity index (χ1v) is 9.76. The van der Waals surface area contributed by atoms with E-state index < -0.39 is 0 Å². The van der Waals surface area contributed by atoms with E-state index >= 15 is 0 Å². The zero-order valence-corrected chi connectivity index (χ0v) is 16.8. The summed E-state index contributed by atoms with van der Waals surface area (Å²) >= 11 is 0. The van der Waals surface area contributed by atoms with Gasteiger partial charge in [-0.15, -0.1) is 0 Å². The number of hydrogen-bond donors (Lipinski definition) is 2. The van der Waals surface area contributed by atoms with Crippen molar-refractivity contribution in [3.05, 3.63) is 76.5 Å². The lowest BCUT2D eigenvalue weighted by Crippen LogP contribution is -2.25. The van der Waals surface area contributed by atoms with Gasteiger partial charge in [0.1, 0.15) is 5.75 Å². The lowest BCUT2D eigenvalue weighted by Gasteiger charge is -2.19. The lowest BCUT2D eigenvalue weighted by molar-refractivity contribution is -0.117. The van der Waals surface area contributed by atoms with Crippen LogP contribution in [0.3, 0.4) is 0 Å². The van der Waals surface area contributed by atoms with Gasteiger partial charge in [0, 0.05) is 37.3 Å². The van der Waals surface area contributed by atoms with E-state index in [-0.39, 0.29) is 29.8 Å². The molecule has 1 saturated heterocycles. The molecule has 0 aliphatic carbocycles. The van der Waals surface area contributed by atoms with Crippen LogP contribution in [0.25, 0.3) is 0 Å². The third-order valence-electron chi connectivity index (χ3n) is 5.22. The molecule has 4 rings (SSSR count). The number of para-hydroxylation sites is 2. The molecule has 1 aliphatic rings. The van der Waals surface area contributed by atoms with Crippen molar-refractivity contribution in [2.24, 2.45) is 0 Å². The smallest absolute Gasteiger partial charge is 0.252 e. The van der Waals surface area contributed by atoms with Gasteiger partial charge in [-0.25, -0.2) is 4.98 Å². The van der Waals surface area contributed by atoms with E-state index in [1.54, 1.807) is 24.4 Å². The Morgan fingerprint density at radius 3 is 2.83 bits per heavy atom. The first-order valence-electron chi connectivity index (χ1n) is 9.76. The van der Waals surface area contributed by atoms with Crippen LogP contribution in [0.2, 0.25) is 0 Å². The van der Waals surface area contributed by atoms with E-state index in [0.29, 0.717) is 23.9 Å². The number of anilines is 2. The van der Waals surface area contributed by atoms with E-state index in [4.69, 9.17) is 4.74 Å². The second-order valence-electron chi connectivity index (χ2n) is 7.25.